The Morgan fingerprint density at radius 2 is 1.84 bits per heavy atom. The molecule has 2 aromatic rings. The number of methoxy groups -OCH3 is 1. The summed E-state index contributed by atoms with van der Waals surface area (Å²) in [5, 5.41) is 2.68. The Labute approximate surface area is 266 Å². The zero-order valence-corrected chi connectivity index (χ0v) is 27.0. The van der Waals surface area contributed by atoms with E-state index in [1.807, 2.05) is 24.3 Å². The average Bonchev–Trinajstić information content (AvgIpc) is 3.45. The Kier molecular flexibility index (Phi) is 12.6. The third kappa shape index (κ3) is 9.42. The second kappa shape index (κ2) is 16.8. The SMILES string of the molecule is CNC(=O)N1CCc2cc(OC(/C=C/N)=C/C=N\C(=O)c3ccc(C4CCN(CC(C)C)CC4)cc3)c(OCCCOC)cc21. The number of amides is 3. The van der Waals surface area contributed by atoms with Gasteiger partial charge in [-0.15, -0.1) is 0 Å². The lowest BCUT2D eigenvalue weighted by atomic mass is 9.88. The van der Waals surface area contributed by atoms with Crippen LogP contribution in [0.3, 0.4) is 0 Å². The van der Waals surface area contributed by atoms with Crippen molar-refractivity contribution >= 4 is 23.8 Å². The maximum atomic E-state index is 12.9. The second-order valence-electron chi connectivity index (χ2n) is 11.8. The normalized spacial score (nSPS) is 16.1. The molecule has 10 nitrogen and oxygen atoms in total. The maximum Gasteiger partial charge on any atom is 0.321 e. The molecule has 0 saturated carbocycles. The fourth-order valence-corrected chi connectivity index (χ4v) is 5.78. The Morgan fingerprint density at radius 1 is 1.09 bits per heavy atom. The van der Waals surface area contributed by atoms with Gasteiger partial charge in [-0.2, -0.15) is 0 Å². The van der Waals surface area contributed by atoms with E-state index in [2.05, 4.69) is 41.2 Å². The van der Waals surface area contributed by atoms with Crippen LogP contribution in [0.4, 0.5) is 10.5 Å². The standard InChI is InChI=1S/C35H47N5O5/c1-25(2)24-39-17-12-27(13-18-39)26-6-8-28(9-7-26)34(41)38-16-11-30(10-15-36)45-33-22-29-14-19-40(35(42)37-3)31(29)23-32(33)44-21-5-20-43-4/h6-11,15-16,22-23,25,27H,5,12-14,17-21,24,36H2,1-4H3,(H,37,42)/b15-10+,30-11+,38-16-. The number of hydrogen-bond acceptors (Lipinski definition) is 7. The van der Waals surface area contributed by atoms with Crippen molar-refractivity contribution in [3.63, 3.8) is 0 Å². The quantitative estimate of drug-likeness (QED) is 0.136. The van der Waals surface area contributed by atoms with Gasteiger partial charge in [0.15, 0.2) is 11.5 Å². The van der Waals surface area contributed by atoms with Gasteiger partial charge >= 0.3 is 6.03 Å². The number of fused-ring (bicyclic) bond motifs is 1. The van der Waals surface area contributed by atoms with Crippen molar-refractivity contribution in [1.29, 1.82) is 0 Å². The number of carbonyl (C=O) groups is 2. The molecule has 3 amide bonds. The van der Waals surface area contributed by atoms with E-state index in [1.54, 1.807) is 31.2 Å². The fourth-order valence-electron chi connectivity index (χ4n) is 5.78. The molecule has 1 fully saturated rings. The minimum Gasteiger partial charge on any atom is -0.490 e. The van der Waals surface area contributed by atoms with Crippen molar-refractivity contribution in [3.05, 3.63) is 77.2 Å². The number of piperidine rings is 1. The minimum absolute atomic E-state index is 0.183. The molecular formula is C35H47N5O5. The van der Waals surface area contributed by atoms with Crippen LogP contribution in [-0.4, -0.2) is 76.6 Å². The zero-order chi connectivity index (χ0) is 32.2. The first-order valence-corrected chi connectivity index (χ1v) is 15.8. The van der Waals surface area contributed by atoms with Gasteiger partial charge in [-0.05, 0) is 91.9 Å². The van der Waals surface area contributed by atoms with Gasteiger partial charge in [0, 0.05) is 58.1 Å². The van der Waals surface area contributed by atoms with Crippen molar-refractivity contribution in [2.45, 2.75) is 45.4 Å². The molecule has 2 aliphatic rings. The van der Waals surface area contributed by atoms with Crippen LogP contribution in [0.25, 0.3) is 0 Å². The largest absolute Gasteiger partial charge is 0.490 e. The lowest BCUT2D eigenvalue weighted by molar-refractivity contribution is 0.100. The molecule has 2 aliphatic heterocycles. The number of urea groups is 1. The van der Waals surface area contributed by atoms with E-state index in [0.717, 1.165) is 43.7 Å². The third-order valence-corrected chi connectivity index (χ3v) is 8.01. The molecule has 4 rings (SSSR count). The lowest BCUT2D eigenvalue weighted by Crippen LogP contribution is -2.36. The number of ether oxygens (including phenoxy) is 3. The van der Waals surface area contributed by atoms with Crippen molar-refractivity contribution in [3.8, 4) is 11.5 Å². The maximum absolute atomic E-state index is 12.9. The third-order valence-electron chi connectivity index (χ3n) is 8.01. The molecule has 0 atom stereocenters. The molecule has 0 unspecified atom stereocenters. The van der Waals surface area contributed by atoms with Crippen molar-refractivity contribution in [2.24, 2.45) is 16.6 Å². The summed E-state index contributed by atoms with van der Waals surface area (Å²) in [6, 6.07) is 11.3. The van der Waals surface area contributed by atoms with Crippen LogP contribution < -0.4 is 25.4 Å². The summed E-state index contributed by atoms with van der Waals surface area (Å²) in [6.07, 6.45) is 9.57. The van der Waals surface area contributed by atoms with Gasteiger partial charge < -0.3 is 30.2 Å². The molecule has 0 bridgehead atoms. The van der Waals surface area contributed by atoms with Crippen LogP contribution in [0.1, 0.15) is 60.5 Å². The number of anilines is 1. The van der Waals surface area contributed by atoms with E-state index in [1.165, 1.54) is 18.0 Å². The smallest absolute Gasteiger partial charge is 0.321 e. The highest BCUT2D eigenvalue weighted by molar-refractivity contribution is 6.00. The molecule has 0 aliphatic carbocycles. The Balaban J connectivity index is 1.44. The van der Waals surface area contributed by atoms with Gasteiger partial charge in [-0.3, -0.25) is 9.69 Å². The molecule has 0 aromatic heterocycles. The number of aliphatic imine (C=N–C) groups is 1. The van der Waals surface area contributed by atoms with Crippen LogP contribution in [0.2, 0.25) is 0 Å². The number of rotatable bonds is 13. The van der Waals surface area contributed by atoms with Crippen LogP contribution >= 0.6 is 0 Å². The second-order valence-corrected chi connectivity index (χ2v) is 11.8. The summed E-state index contributed by atoms with van der Waals surface area (Å²) >= 11 is 0. The molecule has 3 N–H and O–H groups in total. The van der Waals surface area contributed by atoms with Crippen LogP contribution in [0.5, 0.6) is 11.5 Å². The van der Waals surface area contributed by atoms with E-state index in [4.69, 9.17) is 19.9 Å². The Bertz CT molecular complexity index is 1380. The van der Waals surface area contributed by atoms with Crippen LogP contribution in [0, 0.1) is 5.92 Å². The van der Waals surface area contributed by atoms with Gasteiger partial charge in [0.1, 0.15) is 5.76 Å². The van der Waals surface area contributed by atoms with Gasteiger partial charge in [0.05, 0.1) is 12.3 Å². The number of nitrogens with one attached hydrogen (secondary N) is 1. The summed E-state index contributed by atoms with van der Waals surface area (Å²) in [4.78, 5) is 33.6. The monoisotopic (exact) mass is 617 g/mol. The highest BCUT2D eigenvalue weighted by Crippen LogP contribution is 2.40. The van der Waals surface area contributed by atoms with Crippen molar-refractivity contribution in [2.75, 3.05) is 58.5 Å². The van der Waals surface area contributed by atoms with Gasteiger partial charge in [-0.1, -0.05) is 26.0 Å². The number of nitrogens with two attached hydrogens (primary N) is 1. The molecule has 10 heteroatoms. The summed E-state index contributed by atoms with van der Waals surface area (Å²) in [6.45, 7) is 9.41. The topological polar surface area (TPSA) is 119 Å². The molecule has 242 valence electrons. The number of nitrogens with zero attached hydrogens (tertiary/aromatic N) is 3. The first-order valence-electron chi connectivity index (χ1n) is 15.8. The molecule has 45 heavy (non-hydrogen) atoms. The fraction of sp³-hybridized carbons (Fsp3) is 0.457. The highest BCUT2D eigenvalue weighted by atomic mass is 16.5. The lowest BCUT2D eigenvalue weighted by Gasteiger charge is -2.33. The number of allylic oxidation sites excluding steroid dienone is 2. The predicted octanol–water partition coefficient (Wildman–Crippen LogP) is 5.29. The summed E-state index contributed by atoms with van der Waals surface area (Å²) in [5.41, 5.74) is 9.25. The zero-order valence-electron chi connectivity index (χ0n) is 27.0. The van der Waals surface area contributed by atoms with E-state index < -0.39 is 0 Å². The number of likely N-dealkylation sites (tertiary alicyclic amines) is 1. The average molecular weight is 618 g/mol. The Morgan fingerprint density at radius 3 is 2.51 bits per heavy atom. The molecular weight excluding hydrogens is 570 g/mol. The molecule has 2 aromatic carbocycles. The number of benzene rings is 2. The minimum atomic E-state index is -0.338. The van der Waals surface area contributed by atoms with Gasteiger partial charge in [0.2, 0.25) is 0 Å². The first-order chi connectivity index (χ1) is 21.8. The summed E-state index contributed by atoms with van der Waals surface area (Å²) in [5.74, 6) is 2.19. The van der Waals surface area contributed by atoms with E-state index >= 15 is 0 Å². The Hall–Kier alpha value is -4.15. The molecule has 0 spiro atoms. The van der Waals surface area contributed by atoms with E-state index in [-0.39, 0.29) is 11.9 Å². The molecule has 1 saturated heterocycles. The molecule has 0 radical (unpaired) electrons. The molecule has 2 heterocycles. The van der Waals surface area contributed by atoms with E-state index in [9.17, 15) is 9.59 Å². The van der Waals surface area contributed by atoms with Gasteiger partial charge in [-0.25, -0.2) is 9.79 Å². The van der Waals surface area contributed by atoms with Crippen molar-refractivity contribution < 1.29 is 23.8 Å². The van der Waals surface area contributed by atoms with E-state index in [0.29, 0.717) is 67.3 Å². The highest BCUT2D eigenvalue weighted by Gasteiger charge is 2.27. The van der Waals surface area contributed by atoms with Crippen molar-refractivity contribution in [1.82, 2.24) is 10.2 Å². The summed E-state index contributed by atoms with van der Waals surface area (Å²) < 4.78 is 17.4. The van der Waals surface area contributed by atoms with Gasteiger partial charge in [0.25, 0.3) is 5.91 Å². The number of carbonyl (C=O) groups excluding carboxylic acids is 2. The predicted molar refractivity (Wildman–Crippen MR) is 178 cm³/mol. The number of hydrogen-bond donors (Lipinski definition) is 2. The summed E-state index contributed by atoms with van der Waals surface area (Å²) in [7, 11) is 3.25. The van der Waals surface area contributed by atoms with Crippen LogP contribution in [-0.2, 0) is 11.2 Å². The first kappa shape index (κ1) is 33.7. The van der Waals surface area contributed by atoms with Crippen LogP contribution in [0.15, 0.2) is 65.5 Å².